The first-order chi connectivity index (χ1) is 6.79. The fourth-order valence-electron chi connectivity index (χ4n) is 1.30. The zero-order chi connectivity index (χ0) is 10.4. The highest BCUT2D eigenvalue weighted by atomic mass is 32.2. The second kappa shape index (κ2) is 5.62. The Bertz CT molecular complexity index is 339. The summed E-state index contributed by atoms with van der Waals surface area (Å²) in [6.07, 6.45) is 8.05. The fraction of sp³-hybridized carbons (Fsp3) is 0.333. The summed E-state index contributed by atoms with van der Waals surface area (Å²) in [5.41, 5.74) is 2.49. The van der Waals surface area contributed by atoms with Crippen LogP contribution in [0.4, 0.5) is 5.69 Å². The lowest BCUT2D eigenvalue weighted by Gasteiger charge is -2.10. The van der Waals surface area contributed by atoms with Crippen molar-refractivity contribution in [3.63, 3.8) is 0 Å². The van der Waals surface area contributed by atoms with Crippen LogP contribution in [0, 0.1) is 19.3 Å². The largest absolute Gasteiger partial charge is 0.384 e. The number of terminal acetylenes is 1. The van der Waals surface area contributed by atoms with Gasteiger partial charge in [-0.15, -0.1) is 24.1 Å². The van der Waals surface area contributed by atoms with E-state index >= 15 is 0 Å². The molecule has 0 atom stereocenters. The van der Waals surface area contributed by atoms with Gasteiger partial charge in [-0.25, -0.2) is 0 Å². The van der Waals surface area contributed by atoms with Gasteiger partial charge in [-0.1, -0.05) is 6.07 Å². The van der Waals surface area contributed by atoms with E-state index in [4.69, 9.17) is 6.42 Å². The van der Waals surface area contributed by atoms with E-state index in [2.05, 4.69) is 42.6 Å². The predicted octanol–water partition coefficient (Wildman–Crippen LogP) is 3.15. The van der Waals surface area contributed by atoms with Crippen molar-refractivity contribution in [2.75, 3.05) is 18.1 Å². The van der Waals surface area contributed by atoms with Crippen molar-refractivity contribution >= 4 is 17.4 Å². The zero-order valence-electron chi connectivity index (χ0n) is 8.63. The molecule has 0 aromatic heterocycles. The summed E-state index contributed by atoms with van der Waals surface area (Å²) in [4.78, 5) is 1.32. The van der Waals surface area contributed by atoms with E-state index in [0.717, 1.165) is 13.0 Å². The minimum atomic E-state index is 0.767. The third-order valence-electron chi connectivity index (χ3n) is 2.09. The molecule has 0 saturated heterocycles. The number of anilines is 1. The van der Waals surface area contributed by atoms with Crippen LogP contribution in [0.2, 0.25) is 0 Å². The topological polar surface area (TPSA) is 12.0 Å². The Hall–Kier alpha value is -1.07. The van der Waals surface area contributed by atoms with Crippen molar-refractivity contribution in [3.05, 3.63) is 23.8 Å². The van der Waals surface area contributed by atoms with Gasteiger partial charge in [-0.2, -0.15) is 0 Å². The lowest BCUT2D eigenvalue weighted by Crippen LogP contribution is -2.02. The Morgan fingerprint density at radius 3 is 2.93 bits per heavy atom. The average molecular weight is 205 g/mol. The molecule has 0 heterocycles. The Kier molecular flexibility index (Phi) is 4.42. The summed E-state index contributed by atoms with van der Waals surface area (Å²) in [5, 5.41) is 3.33. The lowest BCUT2D eigenvalue weighted by molar-refractivity contribution is 1.09. The lowest BCUT2D eigenvalue weighted by atomic mass is 10.2. The number of hydrogen-bond acceptors (Lipinski definition) is 2. The van der Waals surface area contributed by atoms with Gasteiger partial charge in [0.05, 0.1) is 0 Å². The quantitative estimate of drug-likeness (QED) is 0.460. The van der Waals surface area contributed by atoms with Crippen molar-refractivity contribution in [2.45, 2.75) is 18.2 Å². The van der Waals surface area contributed by atoms with Crippen LogP contribution < -0.4 is 5.32 Å². The standard InChI is InChI=1S/C12H15NS/c1-4-5-9-13-11-7-6-8-12(14-3)10(11)2/h1,6-8,13H,5,9H2,2-3H3. The van der Waals surface area contributed by atoms with Crippen LogP contribution in [0.5, 0.6) is 0 Å². The summed E-state index contributed by atoms with van der Waals surface area (Å²) < 4.78 is 0. The van der Waals surface area contributed by atoms with E-state index in [9.17, 15) is 0 Å². The Balaban J connectivity index is 2.72. The molecular weight excluding hydrogens is 190 g/mol. The summed E-state index contributed by atoms with van der Waals surface area (Å²) in [6.45, 7) is 2.97. The van der Waals surface area contributed by atoms with E-state index in [1.54, 1.807) is 11.8 Å². The van der Waals surface area contributed by atoms with Gasteiger partial charge in [-0.3, -0.25) is 0 Å². The maximum absolute atomic E-state index is 5.19. The van der Waals surface area contributed by atoms with Crippen molar-refractivity contribution in [2.24, 2.45) is 0 Å². The van der Waals surface area contributed by atoms with Crippen LogP contribution in [0.25, 0.3) is 0 Å². The number of hydrogen-bond donors (Lipinski definition) is 1. The molecule has 74 valence electrons. The average Bonchev–Trinajstić information content (AvgIpc) is 2.21. The normalized spacial score (nSPS) is 9.50. The van der Waals surface area contributed by atoms with Crippen LogP contribution in [0.1, 0.15) is 12.0 Å². The molecule has 14 heavy (non-hydrogen) atoms. The molecule has 0 spiro atoms. The molecular formula is C12H15NS. The van der Waals surface area contributed by atoms with Gasteiger partial charge in [0.1, 0.15) is 0 Å². The van der Waals surface area contributed by atoms with Crippen molar-refractivity contribution in [3.8, 4) is 12.3 Å². The smallest absolute Gasteiger partial charge is 0.0381 e. The van der Waals surface area contributed by atoms with Gasteiger partial charge in [0, 0.05) is 23.5 Å². The number of thioether (sulfide) groups is 1. The molecule has 0 aliphatic rings. The first kappa shape index (κ1) is 11.0. The van der Waals surface area contributed by atoms with Crippen LogP contribution in [0.15, 0.2) is 23.1 Å². The maximum Gasteiger partial charge on any atom is 0.0381 e. The van der Waals surface area contributed by atoms with Gasteiger partial charge >= 0.3 is 0 Å². The van der Waals surface area contributed by atoms with Gasteiger partial charge in [0.25, 0.3) is 0 Å². The summed E-state index contributed by atoms with van der Waals surface area (Å²) in [5.74, 6) is 2.62. The van der Waals surface area contributed by atoms with E-state index in [0.29, 0.717) is 0 Å². The van der Waals surface area contributed by atoms with E-state index in [1.165, 1.54) is 16.1 Å². The Morgan fingerprint density at radius 2 is 2.29 bits per heavy atom. The van der Waals surface area contributed by atoms with Gasteiger partial charge in [0.15, 0.2) is 0 Å². The van der Waals surface area contributed by atoms with Crippen molar-refractivity contribution in [1.29, 1.82) is 0 Å². The highest BCUT2D eigenvalue weighted by Crippen LogP contribution is 2.25. The molecule has 0 saturated carbocycles. The van der Waals surface area contributed by atoms with Gasteiger partial charge in [-0.05, 0) is 30.9 Å². The number of benzene rings is 1. The zero-order valence-corrected chi connectivity index (χ0v) is 9.45. The first-order valence-electron chi connectivity index (χ1n) is 4.60. The van der Waals surface area contributed by atoms with Gasteiger partial charge < -0.3 is 5.32 Å². The van der Waals surface area contributed by atoms with Gasteiger partial charge in [0.2, 0.25) is 0 Å². The van der Waals surface area contributed by atoms with Crippen LogP contribution in [-0.4, -0.2) is 12.8 Å². The van der Waals surface area contributed by atoms with E-state index in [-0.39, 0.29) is 0 Å². The molecule has 1 aromatic rings. The molecule has 1 N–H and O–H groups in total. The Morgan fingerprint density at radius 1 is 1.50 bits per heavy atom. The van der Waals surface area contributed by atoms with E-state index in [1.807, 2.05) is 0 Å². The molecule has 2 heteroatoms. The van der Waals surface area contributed by atoms with E-state index < -0.39 is 0 Å². The third kappa shape index (κ3) is 2.71. The minimum absolute atomic E-state index is 0.767. The summed E-state index contributed by atoms with van der Waals surface area (Å²) in [6, 6.07) is 6.29. The molecule has 0 unspecified atom stereocenters. The highest BCUT2D eigenvalue weighted by Gasteiger charge is 2.01. The molecule has 0 fully saturated rings. The molecule has 1 rings (SSSR count). The van der Waals surface area contributed by atoms with Crippen LogP contribution >= 0.6 is 11.8 Å². The minimum Gasteiger partial charge on any atom is -0.384 e. The molecule has 1 nitrogen and oxygen atoms in total. The monoisotopic (exact) mass is 205 g/mol. The fourth-order valence-corrected chi connectivity index (χ4v) is 1.93. The second-order valence-corrected chi connectivity index (χ2v) is 3.86. The number of nitrogens with one attached hydrogen (secondary N) is 1. The van der Waals surface area contributed by atoms with Crippen molar-refractivity contribution in [1.82, 2.24) is 0 Å². The van der Waals surface area contributed by atoms with Crippen LogP contribution in [0.3, 0.4) is 0 Å². The molecule has 0 aliphatic carbocycles. The molecule has 1 aromatic carbocycles. The molecule has 0 radical (unpaired) electrons. The summed E-state index contributed by atoms with van der Waals surface area (Å²) >= 11 is 1.77. The summed E-state index contributed by atoms with van der Waals surface area (Å²) in [7, 11) is 0. The molecule has 0 bridgehead atoms. The maximum atomic E-state index is 5.19. The van der Waals surface area contributed by atoms with Crippen molar-refractivity contribution < 1.29 is 0 Å². The molecule has 0 amide bonds. The Labute approximate surface area is 90.3 Å². The second-order valence-electron chi connectivity index (χ2n) is 3.01. The highest BCUT2D eigenvalue weighted by molar-refractivity contribution is 7.98. The first-order valence-corrected chi connectivity index (χ1v) is 5.83. The van der Waals surface area contributed by atoms with Crippen LogP contribution in [-0.2, 0) is 0 Å². The number of rotatable bonds is 4. The predicted molar refractivity (Wildman–Crippen MR) is 64.9 cm³/mol. The third-order valence-corrected chi connectivity index (χ3v) is 2.97. The SMILES string of the molecule is C#CCCNc1cccc(SC)c1C. The molecule has 0 aliphatic heterocycles.